The molecule has 0 aliphatic rings. The number of anilines is 2. The van der Waals surface area contributed by atoms with Gasteiger partial charge in [-0.25, -0.2) is 0 Å². The molecule has 0 unspecified atom stereocenters. The number of benzene rings is 4. The Morgan fingerprint density at radius 2 is 1.33 bits per heavy atom. The van der Waals surface area contributed by atoms with Crippen LogP contribution in [0.1, 0.15) is 26.3 Å². The third kappa shape index (κ3) is 3.86. The van der Waals surface area contributed by atoms with Crippen LogP contribution < -0.4 is 10.6 Å². The van der Waals surface area contributed by atoms with Gasteiger partial charge < -0.3 is 15.7 Å². The first-order chi connectivity index (χ1) is 14.5. The molecular formula is C25H20N2O3. The van der Waals surface area contributed by atoms with E-state index in [1.54, 1.807) is 37.3 Å². The Hall–Kier alpha value is -4.12. The molecule has 0 aliphatic carbocycles. The number of carbonyl (C=O) groups excluding carboxylic acids is 2. The number of phenolic OH excluding ortho intramolecular Hbond substituents is 1. The molecular weight excluding hydrogens is 376 g/mol. The van der Waals surface area contributed by atoms with Crippen LogP contribution in [0.25, 0.3) is 10.8 Å². The van der Waals surface area contributed by atoms with Gasteiger partial charge in [-0.3, -0.25) is 9.59 Å². The minimum atomic E-state index is -0.414. The molecule has 0 saturated heterocycles. The van der Waals surface area contributed by atoms with Gasteiger partial charge in [0.2, 0.25) is 0 Å². The number of amides is 2. The molecule has 0 spiro atoms. The quantitative estimate of drug-likeness (QED) is 0.435. The molecule has 4 aromatic carbocycles. The summed E-state index contributed by atoms with van der Waals surface area (Å²) in [5, 5.41) is 17.9. The smallest absolute Gasteiger partial charge is 0.259 e. The number of aryl methyl sites for hydroxylation is 1. The summed E-state index contributed by atoms with van der Waals surface area (Å²) >= 11 is 0. The largest absolute Gasteiger partial charge is 0.507 e. The van der Waals surface area contributed by atoms with E-state index in [-0.39, 0.29) is 17.2 Å². The molecule has 5 nitrogen and oxygen atoms in total. The number of nitrogens with one attached hydrogen (secondary N) is 2. The Kier molecular flexibility index (Phi) is 5.18. The summed E-state index contributed by atoms with van der Waals surface area (Å²) < 4.78 is 0. The highest BCUT2D eigenvalue weighted by Gasteiger charge is 2.16. The van der Waals surface area contributed by atoms with Crippen molar-refractivity contribution in [1.29, 1.82) is 0 Å². The van der Waals surface area contributed by atoms with Crippen LogP contribution in [0.5, 0.6) is 5.75 Å². The van der Waals surface area contributed by atoms with Crippen molar-refractivity contribution in [3.8, 4) is 5.75 Å². The highest BCUT2D eigenvalue weighted by molar-refractivity contribution is 6.10. The zero-order valence-electron chi connectivity index (χ0n) is 16.3. The zero-order chi connectivity index (χ0) is 21.1. The number of carbonyl (C=O) groups is 2. The predicted molar refractivity (Wildman–Crippen MR) is 119 cm³/mol. The molecule has 0 saturated carbocycles. The SMILES string of the molecule is Cc1c(O)c(C(=O)Nc2ccc(C(=O)Nc3ccccc3)cc2)cc2ccccc12. The van der Waals surface area contributed by atoms with Gasteiger partial charge in [0.1, 0.15) is 5.75 Å². The van der Waals surface area contributed by atoms with Crippen molar-refractivity contribution in [2.45, 2.75) is 6.92 Å². The summed E-state index contributed by atoms with van der Waals surface area (Å²) in [6, 6.07) is 25.0. The fourth-order valence-corrected chi connectivity index (χ4v) is 3.32. The van der Waals surface area contributed by atoms with Gasteiger partial charge in [-0.1, -0.05) is 42.5 Å². The van der Waals surface area contributed by atoms with Gasteiger partial charge in [-0.2, -0.15) is 0 Å². The minimum Gasteiger partial charge on any atom is -0.507 e. The van der Waals surface area contributed by atoms with E-state index in [4.69, 9.17) is 0 Å². The molecule has 30 heavy (non-hydrogen) atoms. The standard InChI is InChI=1S/C25H20N2O3/c1-16-21-10-6-5-7-18(21)15-22(23(16)28)25(30)27-20-13-11-17(12-14-20)24(29)26-19-8-3-2-4-9-19/h2-15,28H,1H3,(H,26,29)(H,27,30). The average molecular weight is 396 g/mol. The molecule has 3 N–H and O–H groups in total. The number of aromatic hydroxyl groups is 1. The van der Waals surface area contributed by atoms with Gasteiger partial charge in [-0.05, 0) is 65.7 Å². The lowest BCUT2D eigenvalue weighted by Crippen LogP contribution is -2.14. The van der Waals surface area contributed by atoms with Crippen molar-refractivity contribution in [2.75, 3.05) is 10.6 Å². The van der Waals surface area contributed by atoms with Crippen molar-refractivity contribution >= 4 is 34.0 Å². The molecule has 0 atom stereocenters. The highest BCUT2D eigenvalue weighted by Crippen LogP contribution is 2.31. The lowest BCUT2D eigenvalue weighted by Gasteiger charge is -2.12. The number of hydrogen-bond donors (Lipinski definition) is 3. The number of fused-ring (bicyclic) bond motifs is 1. The second kappa shape index (κ2) is 8.09. The number of phenols is 1. The predicted octanol–water partition coefficient (Wildman–Crippen LogP) is 5.36. The molecule has 0 aromatic heterocycles. The van der Waals surface area contributed by atoms with Crippen LogP contribution in [-0.2, 0) is 0 Å². The molecule has 148 valence electrons. The van der Waals surface area contributed by atoms with Crippen LogP contribution in [0.3, 0.4) is 0 Å². The first-order valence-electron chi connectivity index (χ1n) is 9.52. The van der Waals surface area contributed by atoms with E-state index in [0.29, 0.717) is 22.5 Å². The molecule has 0 radical (unpaired) electrons. The minimum absolute atomic E-state index is 0.0370. The average Bonchev–Trinajstić information content (AvgIpc) is 2.77. The van der Waals surface area contributed by atoms with E-state index in [1.807, 2.05) is 54.6 Å². The van der Waals surface area contributed by atoms with Crippen LogP contribution in [0, 0.1) is 6.92 Å². The van der Waals surface area contributed by atoms with E-state index >= 15 is 0 Å². The van der Waals surface area contributed by atoms with Gasteiger partial charge >= 0.3 is 0 Å². The maximum Gasteiger partial charge on any atom is 0.259 e. The summed E-state index contributed by atoms with van der Waals surface area (Å²) in [6.45, 7) is 1.79. The molecule has 4 rings (SSSR count). The Morgan fingerprint density at radius 3 is 2.07 bits per heavy atom. The normalized spacial score (nSPS) is 10.6. The number of para-hydroxylation sites is 1. The zero-order valence-corrected chi connectivity index (χ0v) is 16.3. The van der Waals surface area contributed by atoms with Crippen LogP contribution >= 0.6 is 0 Å². The molecule has 5 heteroatoms. The van der Waals surface area contributed by atoms with Gasteiger partial charge in [0, 0.05) is 16.9 Å². The maximum atomic E-state index is 12.7. The summed E-state index contributed by atoms with van der Waals surface area (Å²) in [6.07, 6.45) is 0. The van der Waals surface area contributed by atoms with E-state index in [1.165, 1.54) is 0 Å². The van der Waals surface area contributed by atoms with E-state index in [0.717, 1.165) is 10.8 Å². The Morgan fingerprint density at radius 1 is 0.733 bits per heavy atom. The van der Waals surface area contributed by atoms with Crippen LogP contribution in [0.15, 0.2) is 84.9 Å². The fourth-order valence-electron chi connectivity index (χ4n) is 3.32. The summed E-state index contributed by atoms with van der Waals surface area (Å²) in [5.74, 6) is -0.685. The van der Waals surface area contributed by atoms with E-state index < -0.39 is 5.91 Å². The topological polar surface area (TPSA) is 78.4 Å². The van der Waals surface area contributed by atoms with Crippen LogP contribution in [0.2, 0.25) is 0 Å². The first-order valence-corrected chi connectivity index (χ1v) is 9.52. The Labute approximate surface area is 174 Å². The molecule has 2 amide bonds. The number of rotatable bonds is 4. The summed E-state index contributed by atoms with van der Waals surface area (Å²) in [7, 11) is 0. The van der Waals surface area contributed by atoms with Gasteiger partial charge in [-0.15, -0.1) is 0 Å². The Balaban J connectivity index is 1.51. The lowest BCUT2D eigenvalue weighted by molar-refractivity contribution is 0.101. The van der Waals surface area contributed by atoms with Crippen molar-refractivity contribution < 1.29 is 14.7 Å². The molecule has 0 bridgehead atoms. The third-order valence-electron chi connectivity index (χ3n) is 4.96. The van der Waals surface area contributed by atoms with Crippen LogP contribution in [0.4, 0.5) is 11.4 Å². The Bertz CT molecular complexity index is 1230. The van der Waals surface area contributed by atoms with Crippen molar-refractivity contribution in [2.24, 2.45) is 0 Å². The second-order valence-electron chi connectivity index (χ2n) is 6.97. The third-order valence-corrected chi connectivity index (χ3v) is 4.96. The van der Waals surface area contributed by atoms with E-state index in [2.05, 4.69) is 10.6 Å². The first kappa shape index (κ1) is 19.2. The van der Waals surface area contributed by atoms with Crippen molar-refractivity contribution in [3.63, 3.8) is 0 Å². The number of hydrogen-bond acceptors (Lipinski definition) is 3. The fraction of sp³-hybridized carbons (Fsp3) is 0.0400. The van der Waals surface area contributed by atoms with Crippen molar-refractivity contribution in [3.05, 3.63) is 102 Å². The second-order valence-corrected chi connectivity index (χ2v) is 6.97. The maximum absolute atomic E-state index is 12.7. The molecule has 0 heterocycles. The molecule has 4 aromatic rings. The highest BCUT2D eigenvalue weighted by atomic mass is 16.3. The lowest BCUT2D eigenvalue weighted by atomic mass is 10.00. The molecule has 0 aliphatic heterocycles. The van der Waals surface area contributed by atoms with Crippen LogP contribution in [-0.4, -0.2) is 16.9 Å². The summed E-state index contributed by atoms with van der Waals surface area (Å²) in [4.78, 5) is 25.1. The van der Waals surface area contributed by atoms with Gasteiger partial charge in [0.15, 0.2) is 0 Å². The monoisotopic (exact) mass is 396 g/mol. The van der Waals surface area contributed by atoms with Gasteiger partial charge in [0.25, 0.3) is 11.8 Å². The van der Waals surface area contributed by atoms with Gasteiger partial charge in [0.05, 0.1) is 5.56 Å². The molecule has 0 fully saturated rings. The summed E-state index contributed by atoms with van der Waals surface area (Å²) in [5.41, 5.74) is 2.58. The van der Waals surface area contributed by atoms with Crippen molar-refractivity contribution in [1.82, 2.24) is 0 Å². The van der Waals surface area contributed by atoms with E-state index in [9.17, 15) is 14.7 Å².